The molecule has 0 saturated heterocycles. The van der Waals surface area contributed by atoms with Crippen LogP contribution in [0.1, 0.15) is 412 Å². The van der Waals surface area contributed by atoms with Crippen LogP contribution in [0, 0.1) is 0 Å². The monoisotopic (exact) mass is 1100 g/mol. The summed E-state index contributed by atoms with van der Waals surface area (Å²) in [6, 6.07) is -0.552. The van der Waals surface area contributed by atoms with Gasteiger partial charge in [-0.2, -0.15) is 0 Å². The van der Waals surface area contributed by atoms with Gasteiger partial charge in [0.05, 0.1) is 25.4 Å². The van der Waals surface area contributed by atoms with Crippen molar-refractivity contribution in [2.45, 2.75) is 424 Å². The van der Waals surface area contributed by atoms with Crippen molar-refractivity contribution in [3.63, 3.8) is 0 Å². The fraction of sp³-hybridized carbons (Fsp3) is 0.944. The lowest BCUT2D eigenvalue weighted by Crippen LogP contribution is -2.45. The Morgan fingerprint density at radius 3 is 0.910 bits per heavy atom. The standard InChI is InChI=1S/C72H141NO5/c1-3-5-7-9-11-13-15-17-19-21-23-24-25-26-27-28-30-32-36-40-44-48-52-56-60-64-70(75)69(68-74)73-71(76)65-61-57-53-49-45-41-37-33-31-35-39-43-47-51-55-59-63-67-78-72(77)66-62-58-54-50-46-42-38-34-29-22-20-18-16-14-12-10-8-6-4-2/h31,35,69-70,74-75H,3-30,32-34,36-68H2,1-2H3,(H,73,76)/b35-31-. The van der Waals surface area contributed by atoms with Crippen LogP contribution in [-0.2, 0) is 14.3 Å². The maximum Gasteiger partial charge on any atom is 0.305 e. The SMILES string of the molecule is CCCCCCCCCCCCCCCCCCCCCCCCCCCC(O)C(CO)NC(=O)CCCCCCCCC/C=C\CCCCCCCCOC(=O)CCCCCCCCCCCCCCCCCCCCC. The van der Waals surface area contributed by atoms with E-state index in [0.29, 0.717) is 25.9 Å². The van der Waals surface area contributed by atoms with Crippen LogP contribution in [0.15, 0.2) is 12.2 Å². The number of nitrogens with one attached hydrogen (secondary N) is 1. The number of ether oxygens (including phenoxy) is 1. The molecule has 3 N–H and O–H groups in total. The number of aliphatic hydroxyl groups is 2. The highest BCUT2D eigenvalue weighted by molar-refractivity contribution is 5.76. The minimum atomic E-state index is -0.673. The van der Waals surface area contributed by atoms with Gasteiger partial charge in [0.15, 0.2) is 0 Å². The number of carbonyl (C=O) groups excluding carboxylic acids is 2. The number of amides is 1. The highest BCUT2D eigenvalue weighted by atomic mass is 16.5. The van der Waals surface area contributed by atoms with Crippen molar-refractivity contribution in [2.24, 2.45) is 0 Å². The molecule has 0 saturated carbocycles. The van der Waals surface area contributed by atoms with E-state index in [0.717, 1.165) is 51.4 Å². The number of carbonyl (C=O) groups is 2. The Kier molecular flexibility index (Phi) is 66.9. The molecule has 0 aromatic heterocycles. The van der Waals surface area contributed by atoms with Gasteiger partial charge in [-0.15, -0.1) is 0 Å². The topological polar surface area (TPSA) is 95.9 Å². The number of aliphatic hydroxyl groups excluding tert-OH is 2. The lowest BCUT2D eigenvalue weighted by atomic mass is 10.0. The Hall–Kier alpha value is -1.40. The van der Waals surface area contributed by atoms with Crippen molar-refractivity contribution in [3.05, 3.63) is 12.2 Å². The molecule has 0 radical (unpaired) electrons. The van der Waals surface area contributed by atoms with Gasteiger partial charge in [0.1, 0.15) is 0 Å². The van der Waals surface area contributed by atoms with Crippen LogP contribution in [-0.4, -0.2) is 47.4 Å². The molecule has 0 aliphatic carbocycles. The maximum atomic E-state index is 12.6. The molecule has 2 atom stereocenters. The van der Waals surface area contributed by atoms with Gasteiger partial charge in [0.25, 0.3) is 0 Å². The molecule has 6 heteroatoms. The summed E-state index contributed by atoms with van der Waals surface area (Å²) in [5, 5.41) is 23.4. The van der Waals surface area contributed by atoms with E-state index in [1.807, 2.05) is 0 Å². The quantitative estimate of drug-likeness (QED) is 0.0320. The first-order valence-corrected chi connectivity index (χ1v) is 35.9. The largest absolute Gasteiger partial charge is 0.466 e. The van der Waals surface area contributed by atoms with Crippen LogP contribution in [0.4, 0.5) is 0 Å². The van der Waals surface area contributed by atoms with Gasteiger partial charge in [-0.25, -0.2) is 0 Å². The third-order valence-corrected chi connectivity index (χ3v) is 17.1. The lowest BCUT2D eigenvalue weighted by molar-refractivity contribution is -0.143. The number of esters is 1. The summed E-state index contributed by atoms with van der Waals surface area (Å²) in [6.07, 6.45) is 84.0. The third kappa shape index (κ3) is 63.8. The summed E-state index contributed by atoms with van der Waals surface area (Å²) in [4.78, 5) is 24.7. The molecule has 0 heterocycles. The van der Waals surface area contributed by atoms with Gasteiger partial charge in [-0.1, -0.05) is 360 Å². The fourth-order valence-corrected chi connectivity index (χ4v) is 11.6. The van der Waals surface area contributed by atoms with E-state index in [-0.39, 0.29) is 18.5 Å². The highest BCUT2D eigenvalue weighted by Crippen LogP contribution is 2.19. The van der Waals surface area contributed by atoms with E-state index >= 15 is 0 Å². The van der Waals surface area contributed by atoms with Crippen molar-refractivity contribution >= 4 is 11.9 Å². The Morgan fingerprint density at radius 1 is 0.346 bits per heavy atom. The molecular formula is C72H141NO5. The summed E-state index contributed by atoms with van der Waals surface area (Å²) >= 11 is 0. The lowest BCUT2D eigenvalue weighted by Gasteiger charge is -2.22. The zero-order chi connectivity index (χ0) is 56.4. The second kappa shape index (κ2) is 68.1. The Morgan fingerprint density at radius 2 is 0.603 bits per heavy atom. The molecule has 6 nitrogen and oxygen atoms in total. The summed E-state index contributed by atoms with van der Waals surface area (Å²) in [7, 11) is 0. The van der Waals surface area contributed by atoms with Gasteiger partial charge < -0.3 is 20.3 Å². The van der Waals surface area contributed by atoms with Gasteiger partial charge in [-0.05, 0) is 51.4 Å². The smallest absolute Gasteiger partial charge is 0.305 e. The molecular weight excluding hydrogens is 959 g/mol. The van der Waals surface area contributed by atoms with E-state index in [2.05, 4.69) is 31.3 Å². The maximum absolute atomic E-state index is 12.6. The number of unbranched alkanes of at least 4 members (excludes halogenated alkanes) is 55. The summed E-state index contributed by atoms with van der Waals surface area (Å²) in [6.45, 7) is 4.98. The predicted molar refractivity (Wildman–Crippen MR) is 343 cm³/mol. The zero-order valence-corrected chi connectivity index (χ0v) is 53.2. The van der Waals surface area contributed by atoms with Crippen LogP contribution < -0.4 is 5.32 Å². The second-order valence-corrected chi connectivity index (χ2v) is 24.9. The average Bonchev–Trinajstić information content (AvgIpc) is 3.44. The second-order valence-electron chi connectivity index (χ2n) is 24.9. The van der Waals surface area contributed by atoms with Crippen LogP contribution in [0.25, 0.3) is 0 Å². The van der Waals surface area contributed by atoms with Gasteiger partial charge in [0.2, 0.25) is 5.91 Å². The highest BCUT2D eigenvalue weighted by Gasteiger charge is 2.20. The molecule has 0 aromatic carbocycles. The van der Waals surface area contributed by atoms with E-state index in [4.69, 9.17) is 4.74 Å². The predicted octanol–water partition coefficient (Wildman–Crippen LogP) is 23.1. The normalized spacial score (nSPS) is 12.5. The molecule has 0 aromatic rings. The molecule has 0 bridgehead atoms. The van der Waals surface area contributed by atoms with Gasteiger partial charge in [0, 0.05) is 12.8 Å². The molecule has 464 valence electrons. The van der Waals surface area contributed by atoms with Crippen LogP contribution in [0.2, 0.25) is 0 Å². The van der Waals surface area contributed by atoms with Crippen molar-refractivity contribution < 1.29 is 24.5 Å². The molecule has 0 fully saturated rings. The van der Waals surface area contributed by atoms with Crippen LogP contribution in [0.3, 0.4) is 0 Å². The number of rotatable bonds is 68. The number of allylic oxidation sites excluding steroid dienone is 2. The Balaban J connectivity index is 3.41. The molecule has 0 spiro atoms. The summed E-state index contributed by atoms with van der Waals surface area (Å²) < 4.78 is 5.50. The van der Waals surface area contributed by atoms with Gasteiger partial charge in [-0.3, -0.25) is 9.59 Å². The Labute approximate surface area is 489 Å². The van der Waals surface area contributed by atoms with Gasteiger partial charge >= 0.3 is 5.97 Å². The van der Waals surface area contributed by atoms with E-state index in [1.165, 1.54) is 327 Å². The fourth-order valence-electron chi connectivity index (χ4n) is 11.6. The van der Waals surface area contributed by atoms with Crippen LogP contribution >= 0.6 is 0 Å². The summed E-state index contributed by atoms with van der Waals surface area (Å²) in [5.74, 6) is -0.0369. The van der Waals surface area contributed by atoms with Crippen molar-refractivity contribution in [2.75, 3.05) is 13.2 Å². The average molecular weight is 1100 g/mol. The zero-order valence-electron chi connectivity index (χ0n) is 53.2. The Bertz CT molecular complexity index is 1180. The molecule has 78 heavy (non-hydrogen) atoms. The minimum absolute atomic E-state index is 0.00459. The van der Waals surface area contributed by atoms with E-state index in [9.17, 15) is 19.8 Å². The first-order chi connectivity index (χ1) is 38.5. The van der Waals surface area contributed by atoms with Crippen molar-refractivity contribution in [1.82, 2.24) is 5.32 Å². The number of hydrogen-bond acceptors (Lipinski definition) is 5. The minimum Gasteiger partial charge on any atom is -0.466 e. The number of hydrogen-bond donors (Lipinski definition) is 3. The first-order valence-electron chi connectivity index (χ1n) is 35.9. The molecule has 0 rings (SSSR count). The third-order valence-electron chi connectivity index (χ3n) is 17.1. The van der Waals surface area contributed by atoms with Crippen molar-refractivity contribution in [1.29, 1.82) is 0 Å². The van der Waals surface area contributed by atoms with E-state index in [1.54, 1.807) is 0 Å². The summed E-state index contributed by atoms with van der Waals surface area (Å²) in [5.41, 5.74) is 0. The van der Waals surface area contributed by atoms with Crippen LogP contribution in [0.5, 0.6) is 0 Å². The first kappa shape index (κ1) is 76.6. The molecule has 0 aliphatic heterocycles. The van der Waals surface area contributed by atoms with E-state index < -0.39 is 12.1 Å². The molecule has 1 amide bonds. The molecule has 2 unspecified atom stereocenters. The van der Waals surface area contributed by atoms with Crippen molar-refractivity contribution in [3.8, 4) is 0 Å². The molecule has 0 aliphatic rings.